The Morgan fingerprint density at radius 2 is 1.59 bits per heavy atom. The predicted octanol–water partition coefficient (Wildman–Crippen LogP) is 0.354. The van der Waals surface area contributed by atoms with Crippen molar-refractivity contribution < 1.29 is 14.3 Å². The van der Waals surface area contributed by atoms with E-state index in [0.29, 0.717) is 13.0 Å². The van der Waals surface area contributed by atoms with Crippen molar-refractivity contribution in [2.45, 2.75) is 31.7 Å². The van der Waals surface area contributed by atoms with Crippen LogP contribution in [0.25, 0.3) is 0 Å². The minimum atomic E-state index is -0.0434. The third-order valence-electron chi connectivity index (χ3n) is 6.23. The molecule has 0 aromatic carbocycles. The first kappa shape index (κ1) is 21.0. The fourth-order valence-corrected chi connectivity index (χ4v) is 4.32. The number of carbonyl (C=O) groups is 1. The highest BCUT2D eigenvalue weighted by Crippen LogP contribution is 2.18. The molecule has 0 N–H and O–H groups in total. The second-order valence-corrected chi connectivity index (χ2v) is 8.19. The number of rotatable bonds is 8. The summed E-state index contributed by atoms with van der Waals surface area (Å²) in [5, 5.41) is 0. The molecule has 7 heteroatoms. The summed E-state index contributed by atoms with van der Waals surface area (Å²) < 4.78 is 10.8. The number of hydrogen-bond acceptors (Lipinski definition) is 7. The molecule has 3 heterocycles. The molecule has 0 spiro atoms. The van der Waals surface area contributed by atoms with Gasteiger partial charge in [-0.2, -0.15) is 0 Å². The molecule has 0 radical (unpaired) electrons. The van der Waals surface area contributed by atoms with Gasteiger partial charge in [0.25, 0.3) is 0 Å². The Kier molecular flexibility index (Phi) is 8.80. The summed E-state index contributed by atoms with van der Waals surface area (Å²) in [5.74, 6) is -0.0434. The summed E-state index contributed by atoms with van der Waals surface area (Å²) in [4.78, 5) is 21.9. The fraction of sp³-hybridized carbons (Fsp3) is 0.950. The summed E-state index contributed by atoms with van der Waals surface area (Å²) in [6.07, 6.45) is 3.91. The smallest absolute Gasteiger partial charge is 0.307 e. The molecule has 0 saturated carbocycles. The van der Waals surface area contributed by atoms with Gasteiger partial charge in [-0.05, 0) is 39.4 Å². The lowest BCUT2D eigenvalue weighted by atomic mass is 10.0. The van der Waals surface area contributed by atoms with Crippen molar-refractivity contribution in [3.63, 3.8) is 0 Å². The van der Waals surface area contributed by atoms with Crippen LogP contribution in [0.1, 0.15) is 25.7 Å². The maximum Gasteiger partial charge on any atom is 0.307 e. The Hall–Kier alpha value is -0.730. The Bertz CT molecular complexity index is 429. The molecule has 0 amide bonds. The lowest BCUT2D eigenvalue weighted by molar-refractivity contribution is -0.144. The number of likely N-dealkylation sites (tertiary alicyclic amines) is 1. The summed E-state index contributed by atoms with van der Waals surface area (Å²) in [7, 11) is 2.21. The van der Waals surface area contributed by atoms with E-state index in [-0.39, 0.29) is 5.97 Å². The maximum absolute atomic E-state index is 12.0. The average Bonchev–Trinajstić information content (AvgIpc) is 2.71. The Labute approximate surface area is 164 Å². The van der Waals surface area contributed by atoms with Crippen molar-refractivity contribution in [1.82, 2.24) is 19.6 Å². The summed E-state index contributed by atoms with van der Waals surface area (Å²) >= 11 is 0. The van der Waals surface area contributed by atoms with Crippen molar-refractivity contribution in [3.8, 4) is 0 Å². The number of piperidine rings is 1. The van der Waals surface area contributed by atoms with E-state index in [9.17, 15) is 4.79 Å². The van der Waals surface area contributed by atoms with E-state index >= 15 is 0 Å². The van der Waals surface area contributed by atoms with Crippen LogP contribution >= 0.6 is 0 Å². The Morgan fingerprint density at radius 1 is 0.926 bits per heavy atom. The Balaban J connectivity index is 1.20. The first-order valence-electron chi connectivity index (χ1n) is 10.8. The minimum Gasteiger partial charge on any atom is -0.466 e. The molecule has 7 nitrogen and oxygen atoms in total. The SMILES string of the molecule is CN1CCN(C2CCN(CCC(=O)OCCCN3CCOCC3)CC2)CC1. The highest BCUT2D eigenvalue weighted by molar-refractivity contribution is 5.69. The van der Waals surface area contributed by atoms with E-state index in [1.165, 1.54) is 39.0 Å². The summed E-state index contributed by atoms with van der Waals surface area (Å²) in [6.45, 7) is 13.1. The van der Waals surface area contributed by atoms with Crippen LogP contribution in [0.5, 0.6) is 0 Å². The monoisotopic (exact) mass is 382 g/mol. The molecule has 3 fully saturated rings. The molecule has 3 aliphatic heterocycles. The van der Waals surface area contributed by atoms with Crippen molar-refractivity contribution in [1.29, 1.82) is 0 Å². The number of nitrogens with zero attached hydrogens (tertiary/aromatic N) is 4. The molecular weight excluding hydrogens is 344 g/mol. The number of ether oxygens (including phenoxy) is 2. The molecule has 3 rings (SSSR count). The number of hydrogen-bond donors (Lipinski definition) is 0. The third-order valence-corrected chi connectivity index (χ3v) is 6.23. The van der Waals surface area contributed by atoms with Crippen LogP contribution in [-0.2, 0) is 14.3 Å². The molecule has 3 saturated heterocycles. The topological polar surface area (TPSA) is 48.5 Å². The lowest BCUT2D eigenvalue weighted by Gasteiger charge is -2.42. The van der Waals surface area contributed by atoms with E-state index in [4.69, 9.17) is 9.47 Å². The van der Waals surface area contributed by atoms with Gasteiger partial charge in [0, 0.05) is 58.4 Å². The van der Waals surface area contributed by atoms with Gasteiger partial charge in [0.15, 0.2) is 0 Å². The van der Waals surface area contributed by atoms with Gasteiger partial charge in [-0.3, -0.25) is 14.6 Å². The van der Waals surface area contributed by atoms with Crippen LogP contribution in [0.3, 0.4) is 0 Å². The van der Waals surface area contributed by atoms with Gasteiger partial charge in [-0.25, -0.2) is 0 Å². The second kappa shape index (κ2) is 11.3. The highest BCUT2D eigenvalue weighted by Gasteiger charge is 2.26. The molecule has 27 heavy (non-hydrogen) atoms. The number of piperazine rings is 1. The normalized spacial score (nSPS) is 24.9. The van der Waals surface area contributed by atoms with E-state index in [2.05, 4.69) is 26.6 Å². The first-order valence-corrected chi connectivity index (χ1v) is 10.8. The third kappa shape index (κ3) is 7.31. The van der Waals surface area contributed by atoms with Crippen molar-refractivity contribution in [2.24, 2.45) is 0 Å². The van der Waals surface area contributed by atoms with Crippen LogP contribution in [-0.4, -0.2) is 124 Å². The Morgan fingerprint density at radius 3 is 2.30 bits per heavy atom. The van der Waals surface area contributed by atoms with Crippen LogP contribution in [0.15, 0.2) is 0 Å². The van der Waals surface area contributed by atoms with Gasteiger partial charge in [-0.15, -0.1) is 0 Å². The van der Waals surface area contributed by atoms with Gasteiger partial charge in [-0.1, -0.05) is 0 Å². The van der Waals surface area contributed by atoms with E-state index in [1.54, 1.807) is 0 Å². The summed E-state index contributed by atoms with van der Waals surface area (Å²) in [5.41, 5.74) is 0. The first-order chi connectivity index (χ1) is 13.2. The molecule has 0 atom stereocenters. The number of esters is 1. The largest absolute Gasteiger partial charge is 0.466 e. The van der Waals surface area contributed by atoms with Crippen molar-refractivity contribution >= 4 is 5.97 Å². The lowest BCUT2D eigenvalue weighted by Crippen LogP contribution is -2.52. The number of likely N-dealkylation sites (N-methyl/N-ethyl adjacent to an activating group) is 1. The molecule has 0 aliphatic carbocycles. The highest BCUT2D eigenvalue weighted by atomic mass is 16.5. The molecule has 0 aromatic heterocycles. The number of morpholine rings is 1. The molecule has 0 bridgehead atoms. The van der Waals surface area contributed by atoms with E-state index in [1.807, 2.05) is 0 Å². The molecule has 156 valence electrons. The van der Waals surface area contributed by atoms with Gasteiger partial charge in [0.1, 0.15) is 0 Å². The second-order valence-electron chi connectivity index (χ2n) is 8.19. The van der Waals surface area contributed by atoms with Crippen LogP contribution in [0, 0.1) is 0 Å². The van der Waals surface area contributed by atoms with Gasteiger partial charge >= 0.3 is 5.97 Å². The van der Waals surface area contributed by atoms with E-state index < -0.39 is 0 Å². The molecular formula is C20H38N4O3. The van der Waals surface area contributed by atoms with Crippen LogP contribution < -0.4 is 0 Å². The van der Waals surface area contributed by atoms with Crippen LogP contribution in [0.4, 0.5) is 0 Å². The standard InChI is InChI=1S/C20H38N4O3/c1-21-10-12-24(13-11-21)19-3-7-23(8-4-19)9-5-20(25)27-16-2-6-22-14-17-26-18-15-22/h19H,2-18H2,1H3. The zero-order valence-electron chi connectivity index (χ0n) is 17.1. The fourth-order valence-electron chi connectivity index (χ4n) is 4.32. The molecule has 3 aliphatic rings. The number of carbonyl (C=O) groups excluding carboxylic acids is 1. The average molecular weight is 383 g/mol. The van der Waals surface area contributed by atoms with Crippen molar-refractivity contribution in [2.75, 3.05) is 92.3 Å². The minimum absolute atomic E-state index is 0.0434. The van der Waals surface area contributed by atoms with Gasteiger partial charge in [0.2, 0.25) is 0 Å². The van der Waals surface area contributed by atoms with Crippen molar-refractivity contribution in [3.05, 3.63) is 0 Å². The quantitative estimate of drug-likeness (QED) is 0.444. The summed E-state index contributed by atoms with van der Waals surface area (Å²) in [6, 6.07) is 0.738. The molecule has 0 unspecified atom stereocenters. The zero-order valence-corrected chi connectivity index (χ0v) is 17.1. The maximum atomic E-state index is 12.0. The molecule has 0 aromatic rings. The van der Waals surface area contributed by atoms with Crippen LogP contribution in [0.2, 0.25) is 0 Å². The van der Waals surface area contributed by atoms with Gasteiger partial charge < -0.3 is 19.3 Å². The zero-order chi connectivity index (χ0) is 18.9. The van der Waals surface area contributed by atoms with Gasteiger partial charge in [0.05, 0.1) is 26.2 Å². The predicted molar refractivity (Wildman–Crippen MR) is 106 cm³/mol. The van der Waals surface area contributed by atoms with E-state index in [0.717, 1.165) is 64.9 Å².